The summed E-state index contributed by atoms with van der Waals surface area (Å²) in [4.78, 5) is 10.8. The smallest absolute Gasteiger partial charge is 0.222 e. The van der Waals surface area contributed by atoms with Crippen LogP contribution in [0.25, 0.3) is 0 Å². The standard InChI is InChI=1S/C8H16NO2/c1-4-5-8(10)9-6-11-7(2)3/h6-7H,4-5H2,1-3H3,(H,9,10). The highest BCUT2D eigenvalue weighted by atomic mass is 16.5. The molecule has 0 bridgehead atoms. The van der Waals surface area contributed by atoms with Crippen molar-refractivity contribution in [1.29, 1.82) is 0 Å². The Morgan fingerprint density at radius 3 is 2.73 bits per heavy atom. The van der Waals surface area contributed by atoms with Crippen LogP contribution in [0, 0.1) is 6.73 Å². The molecular formula is C8H16NO2. The van der Waals surface area contributed by atoms with Gasteiger partial charge >= 0.3 is 0 Å². The van der Waals surface area contributed by atoms with E-state index in [2.05, 4.69) is 5.32 Å². The van der Waals surface area contributed by atoms with E-state index >= 15 is 0 Å². The minimum Gasteiger partial charge on any atom is -0.351 e. The molecule has 0 saturated heterocycles. The van der Waals surface area contributed by atoms with Gasteiger partial charge in [-0.05, 0) is 20.3 Å². The number of carbonyl (C=O) groups is 1. The van der Waals surface area contributed by atoms with Gasteiger partial charge in [0.15, 0.2) is 6.73 Å². The van der Waals surface area contributed by atoms with E-state index in [9.17, 15) is 4.79 Å². The summed E-state index contributed by atoms with van der Waals surface area (Å²) >= 11 is 0. The summed E-state index contributed by atoms with van der Waals surface area (Å²) in [5.74, 6) is 0.00755. The minimum absolute atomic E-state index is 0.00755. The highest BCUT2D eigenvalue weighted by Crippen LogP contribution is 1.90. The molecule has 0 aromatic rings. The molecule has 0 aliphatic carbocycles. The number of rotatable bonds is 5. The van der Waals surface area contributed by atoms with Gasteiger partial charge in [-0.3, -0.25) is 4.79 Å². The minimum atomic E-state index is 0.00755. The van der Waals surface area contributed by atoms with Crippen LogP contribution in [0.5, 0.6) is 0 Å². The first kappa shape index (κ1) is 10.4. The molecule has 0 rings (SSSR count). The zero-order chi connectivity index (χ0) is 8.69. The lowest BCUT2D eigenvalue weighted by Crippen LogP contribution is -2.22. The van der Waals surface area contributed by atoms with Gasteiger partial charge in [-0.25, -0.2) is 0 Å². The molecule has 0 aromatic heterocycles. The van der Waals surface area contributed by atoms with Gasteiger partial charge < -0.3 is 10.1 Å². The summed E-state index contributed by atoms with van der Waals surface area (Å²) in [5, 5.41) is 2.53. The monoisotopic (exact) mass is 158 g/mol. The van der Waals surface area contributed by atoms with Crippen molar-refractivity contribution in [1.82, 2.24) is 5.32 Å². The van der Waals surface area contributed by atoms with Crippen LogP contribution in [0.3, 0.4) is 0 Å². The molecule has 0 fully saturated rings. The molecule has 0 aliphatic rings. The molecule has 0 aromatic carbocycles. The quantitative estimate of drug-likeness (QED) is 0.657. The number of ether oxygens (including phenoxy) is 1. The summed E-state index contributed by atoms with van der Waals surface area (Å²) in [5.41, 5.74) is 0. The van der Waals surface area contributed by atoms with E-state index in [0.29, 0.717) is 6.42 Å². The maximum Gasteiger partial charge on any atom is 0.222 e. The first-order valence-corrected chi connectivity index (χ1v) is 3.93. The van der Waals surface area contributed by atoms with E-state index < -0.39 is 0 Å². The van der Waals surface area contributed by atoms with Gasteiger partial charge in [-0.2, -0.15) is 0 Å². The maximum atomic E-state index is 10.8. The van der Waals surface area contributed by atoms with Crippen LogP contribution in [0.4, 0.5) is 0 Å². The molecule has 1 amide bonds. The third-order valence-corrected chi connectivity index (χ3v) is 1.04. The predicted octanol–water partition coefficient (Wildman–Crippen LogP) is 1.45. The second-order valence-electron chi connectivity index (χ2n) is 2.62. The summed E-state index contributed by atoms with van der Waals surface area (Å²) in [6.45, 7) is 7.12. The summed E-state index contributed by atoms with van der Waals surface area (Å²) in [6.07, 6.45) is 1.54. The number of nitrogens with one attached hydrogen (secondary N) is 1. The Balaban J connectivity index is 3.17. The molecule has 65 valence electrons. The van der Waals surface area contributed by atoms with Crippen LogP contribution >= 0.6 is 0 Å². The molecule has 3 heteroatoms. The third kappa shape index (κ3) is 7.33. The highest BCUT2D eigenvalue weighted by molar-refractivity contribution is 5.76. The van der Waals surface area contributed by atoms with Crippen LogP contribution in [-0.2, 0) is 9.53 Å². The predicted molar refractivity (Wildman–Crippen MR) is 43.6 cm³/mol. The van der Waals surface area contributed by atoms with Gasteiger partial charge in [0.2, 0.25) is 5.91 Å². The largest absolute Gasteiger partial charge is 0.351 e. The Morgan fingerprint density at radius 2 is 2.27 bits per heavy atom. The fraction of sp³-hybridized carbons (Fsp3) is 0.750. The number of amides is 1. The van der Waals surface area contributed by atoms with Crippen LogP contribution in [0.2, 0.25) is 0 Å². The lowest BCUT2D eigenvalue weighted by atomic mass is 10.3. The average molecular weight is 158 g/mol. The van der Waals surface area contributed by atoms with E-state index in [1.165, 1.54) is 6.73 Å². The molecule has 0 heterocycles. The van der Waals surface area contributed by atoms with Gasteiger partial charge in [-0.15, -0.1) is 0 Å². The van der Waals surface area contributed by atoms with Crippen molar-refractivity contribution < 1.29 is 9.53 Å². The Hall–Kier alpha value is -0.570. The van der Waals surface area contributed by atoms with Crippen molar-refractivity contribution in [3.05, 3.63) is 6.73 Å². The van der Waals surface area contributed by atoms with Crippen molar-refractivity contribution in [2.75, 3.05) is 0 Å². The van der Waals surface area contributed by atoms with Crippen LogP contribution in [-0.4, -0.2) is 12.0 Å². The first-order valence-electron chi connectivity index (χ1n) is 3.93. The van der Waals surface area contributed by atoms with E-state index in [4.69, 9.17) is 4.74 Å². The van der Waals surface area contributed by atoms with Crippen LogP contribution in [0.1, 0.15) is 33.6 Å². The third-order valence-electron chi connectivity index (χ3n) is 1.04. The van der Waals surface area contributed by atoms with Crippen molar-refractivity contribution >= 4 is 5.91 Å². The van der Waals surface area contributed by atoms with Crippen molar-refractivity contribution in [2.45, 2.75) is 39.7 Å². The van der Waals surface area contributed by atoms with E-state index in [1.54, 1.807) is 0 Å². The number of carbonyl (C=O) groups excluding carboxylic acids is 1. The van der Waals surface area contributed by atoms with Crippen LogP contribution < -0.4 is 5.32 Å². The van der Waals surface area contributed by atoms with E-state index in [-0.39, 0.29) is 12.0 Å². The fourth-order valence-corrected chi connectivity index (χ4v) is 0.535. The molecule has 11 heavy (non-hydrogen) atoms. The Morgan fingerprint density at radius 1 is 1.64 bits per heavy atom. The second kappa shape index (κ2) is 6.16. The van der Waals surface area contributed by atoms with Crippen molar-refractivity contribution in [2.24, 2.45) is 0 Å². The summed E-state index contributed by atoms with van der Waals surface area (Å²) in [6, 6.07) is 0. The van der Waals surface area contributed by atoms with Crippen molar-refractivity contribution in [3.63, 3.8) is 0 Å². The zero-order valence-corrected chi connectivity index (χ0v) is 7.39. The lowest BCUT2D eigenvalue weighted by molar-refractivity contribution is -0.121. The topological polar surface area (TPSA) is 38.3 Å². The molecule has 1 radical (unpaired) electrons. The molecule has 1 N–H and O–H groups in total. The van der Waals surface area contributed by atoms with Gasteiger partial charge in [0.25, 0.3) is 0 Å². The number of hydrogen-bond donors (Lipinski definition) is 1. The average Bonchev–Trinajstić information content (AvgIpc) is 1.87. The Bertz CT molecular complexity index is 113. The molecule has 0 unspecified atom stereocenters. The maximum absolute atomic E-state index is 10.8. The summed E-state index contributed by atoms with van der Waals surface area (Å²) in [7, 11) is 0. The molecule has 0 saturated carbocycles. The van der Waals surface area contributed by atoms with E-state index in [1.807, 2.05) is 20.8 Å². The SMILES string of the molecule is CCCC(=O)N[CH]OC(C)C. The Kier molecular flexibility index (Phi) is 5.84. The van der Waals surface area contributed by atoms with Gasteiger partial charge in [0, 0.05) is 6.42 Å². The zero-order valence-electron chi connectivity index (χ0n) is 7.39. The van der Waals surface area contributed by atoms with Crippen LogP contribution in [0.15, 0.2) is 0 Å². The number of hydrogen-bond acceptors (Lipinski definition) is 2. The Labute approximate surface area is 68.1 Å². The molecule has 0 atom stereocenters. The first-order chi connectivity index (χ1) is 5.16. The van der Waals surface area contributed by atoms with Gasteiger partial charge in [0.05, 0.1) is 6.10 Å². The molecule has 0 aliphatic heterocycles. The summed E-state index contributed by atoms with van der Waals surface area (Å²) < 4.78 is 5.00. The van der Waals surface area contributed by atoms with Gasteiger partial charge in [-0.1, -0.05) is 6.92 Å². The second-order valence-corrected chi connectivity index (χ2v) is 2.62. The molecule has 3 nitrogen and oxygen atoms in total. The van der Waals surface area contributed by atoms with Crippen molar-refractivity contribution in [3.8, 4) is 0 Å². The normalized spacial score (nSPS) is 10.2. The molecular weight excluding hydrogens is 142 g/mol. The molecule has 0 spiro atoms. The lowest BCUT2D eigenvalue weighted by Gasteiger charge is -2.06. The van der Waals surface area contributed by atoms with Gasteiger partial charge in [0.1, 0.15) is 0 Å². The fourth-order valence-electron chi connectivity index (χ4n) is 0.535. The highest BCUT2D eigenvalue weighted by Gasteiger charge is 1.98. The van der Waals surface area contributed by atoms with E-state index in [0.717, 1.165) is 6.42 Å².